The second-order valence-electron chi connectivity index (χ2n) is 5.18. The van der Waals surface area contributed by atoms with E-state index in [4.69, 9.17) is 4.84 Å². The maximum Gasteiger partial charge on any atom is 0.573 e. The Balaban J connectivity index is 1.74. The number of fused-ring (bicyclic) bond motifs is 1. The van der Waals surface area contributed by atoms with Gasteiger partial charge in [-0.05, 0) is 60.9 Å². The van der Waals surface area contributed by atoms with Crippen LogP contribution in [0.2, 0.25) is 0 Å². The number of oxime groups is 1. The lowest BCUT2D eigenvalue weighted by molar-refractivity contribution is -0.274. The van der Waals surface area contributed by atoms with Crippen molar-refractivity contribution in [2.24, 2.45) is 5.16 Å². The molecule has 0 heterocycles. The van der Waals surface area contributed by atoms with Crippen LogP contribution >= 0.6 is 0 Å². The lowest BCUT2D eigenvalue weighted by Crippen LogP contribution is -2.17. The molecule has 0 saturated heterocycles. The summed E-state index contributed by atoms with van der Waals surface area (Å²) in [7, 11) is 0. The van der Waals surface area contributed by atoms with Crippen molar-refractivity contribution in [1.29, 1.82) is 0 Å². The summed E-state index contributed by atoms with van der Waals surface area (Å²) in [6.07, 6.45) is -2.85. The molecular formula is C17H12F3NO3. The fraction of sp³-hybridized carbons (Fsp3) is 0.176. The number of benzene rings is 2. The second kappa shape index (κ2) is 6.35. The number of aldehydes is 1. The van der Waals surface area contributed by atoms with E-state index in [1.807, 2.05) is 0 Å². The van der Waals surface area contributed by atoms with Crippen LogP contribution in [0, 0.1) is 0 Å². The minimum Gasteiger partial charge on any atom is -0.406 e. The minimum absolute atomic E-state index is 0.243. The molecule has 0 fully saturated rings. The largest absolute Gasteiger partial charge is 0.573 e. The van der Waals surface area contributed by atoms with E-state index in [2.05, 4.69) is 9.89 Å². The molecule has 0 spiro atoms. The summed E-state index contributed by atoms with van der Waals surface area (Å²) >= 11 is 0. The van der Waals surface area contributed by atoms with Gasteiger partial charge in [-0.3, -0.25) is 4.79 Å². The van der Waals surface area contributed by atoms with E-state index in [0.29, 0.717) is 29.9 Å². The van der Waals surface area contributed by atoms with Gasteiger partial charge in [0.15, 0.2) is 5.75 Å². The Morgan fingerprint density at radius 2 is 1.71 bits per heavy atom. The van der Waals surface area contributed by atoms with Crippen molar-refractivity contribution in [2.45, 2.75) is 19.2 Å². The molecule has 0 unspecified atom stereocenters. The molecule has 3 rings (SSSR count). The van der Waals surface area contributed by atoms with Crippen molar-refractivity contribution in [2.75, 3.05) is 0 Å². The van der Waals surface area contributed by atoms with Crippen LogP contribution in [0.4, 0.5) is 13.2 Å². The molecule has 0 saturated carbocycles. The molecule has 2 aromatic carbocycles. The molecule has 0 N–H and O–H groups in total. The molecule has 4 nitrogen and oxygen atoms in total. The second-order valence-corrected chi connectivity index (χ2v) is 5.18. The van der Waals surface area contributed by atoms with E-state index in [1.165, 1.54) is 12.1 Å². The normalized spacial score (nSPS) is 15.2. The van der Waals surface area contributed by atoms with Gasteiger partial charge in [-0.1, -0.05) is 5.16 Å². The van der Waals surface area contributed by atoms with Gasteiger partial charge in [0.05, 0.1) is 5.71 Å². The van der Waals surface area contributed by atoms with Crippen LogP contribution in [0.3, 0.4) is 0 Å². The van der Waals surface area contributed by atoms with Gasteiger partial charge in [0, 0.05) is 11.1 Å². The fourth-order valence-corrected chi connectivity index (χ4v) is 2.45. The molecule has 124 valence electrons. The third-order valence-electron chi connectivity index (χ3n) is 3.53. The number of carbonyl (C=O) groups is 1. The molecule has 1 aliphatic rings. The topological polar surface area (TPSA) is 47.9 Å². The summed E-state index contributed by atoms with van der Waals surface area (Å²) in [6.45, 7) is 0. The van der Waals surface area contributed by atoms with Crippen LogP contribution in [0.15, 0.2) is 47.6 Å². The third kappa shape index (κ3) is 3.73. The zero-order chi connectivity index (χ0) is 17.2. The van der Waals surface area contributed by atoms with Gasteiger partial charge in [0.2, 0.25) is 0 Å². The molecule has 0 bridgehead atoms. The van der Waals surface area contributed by atoms with E-state index in [-0.39, 0.29) is 5.75 Å². The average molecular weight is 335 g/mol. The first kappa shape index (κ1) is 16.0. The van der Waals surface area contributed by atoms with Gasteiger partial charge in [0.25, 0.3) is 0 Å². The highest BCUT2D eigenvalue weighted by Crippen LogP contribution is 2.30. The van der Waals surface area contributed by atoms with Crippen LogP contribution in [-0.4, -0.2) is 18.4 Å². The van der Waals surface area contributed by atoms with Crippen LogP contribution in [0.25, 0.3) is 0 Å². The van der Waals surface area contributed by atoms with Gasteiger partial charge in [-0.15, -0.1) is 13.2 Å². The predicted octanol–water partition coefficient (Wildman–Crippen LogP) is 4.13. The highest BCUT2D eigenvalue weighted by atomic mass is 19.4. The van der Waals surface area contributed by atoms with Crippen LogP contribution in [0.1, 0.15) is 27.9 Å². The van der Waals surface area contributed by atoms with E-state index in [0.717, 1.165) is 17.4 Å². The van der Waals surface area contributed by atoms with E-state index < -0.39 is 6.36 Å². The minimum atomic E-state index is -4.71. The standard InChI is InChI=1S/C17H12F3NO3/c18-17(19,20)23-14-6-7-15-12(9-14)3-8-16(15)21-24-13-4-1-11(10-22)2-5-13/h1-2,4-7,9-10H,3,8H2/b21-16-. The number of carbonyl (C=O) groups excluding carboxylic acids is 1. The number of nitrogens with zero attached hydrogens (tertiary/aromatic N) is 1. The molecule has 0 atom stereocenters. The highest BCUT2D eigenvalue weighted by molar-refractivity contribution is 6.04. The van der Waals surface area contributed by atoms with Crippen molar-refractivity contribution in [3.05, 3.63) is 59.2 Å². The Bertz CT molecular complexity index is 783. The van der Waals surface area contributed by atoms with E-state index in [9.17, 15) is 18.0 Å². The molecule has 24 heavy (non-hydrogen) atoms. The Labute approximate surface area is 135 Å². The van der Waals surface area contributed by atoms with Gasteiger partial charge in [0.1, 0.15) is 12.0 Å². The summed E-state index contributed by atoms with van der Waals surface area (Å²) < 4.78 is 40.6. The average Bonchev–Trinajstić information content (AvgIpc) is 2.94. The molecule has 0 aliphatic heterocycles. The summed E-state index contributed by atoms with van der Waals surface area (Å²) in [4.78, 5) is 15.9. The highest BCUT2D eigenvalue weighted by Gasteiger charge is 2.31. The summed E-state index contributed by atoms with van der Waals surface area (Å²) in [5.74, 6) is 0.228. The van der Waals surface area contributed by atoms with E-state index in [1.54, 1.807) is 30.3 Å². The summed E-state index contributed by atoms with van der Waals surface area (Å²) in [6, 6.07) is 10.6. The molecule has 0 radical (unpaired) electrons. The number of hydrogen-bond acceptors (Lipinski definition) is 4. The Kier molecular flexibility index (Phi) is 4.24. The summed E-state index contributed by atoms with van der Waals surface area (Å²) in [5.41, 5.74) is 2.66. The number of aryl methyl sites for hydroxylation is 1. The SMILES string of the molecule is O=Cc1ccc(O/N=C2/CCc3cc(OC(F)(F)F)ccc32)cc1. The molecule has 0 amide bonds. The first-order chi connectivity index (χ1) is 11.4. The van der Waals surface area contributed by atoms with Gasteiger partial charge in [-0.25, -0.2) is 0 Å². The molecule has 2 aromatic rings. The Hall–Kier alpha value is -2.83. The molecular weight excluding hydrogens is 323 g/mol. The van der Waals surface area contributed by atoms with E-state index >= 15 is 0 Å². The third-order valence-corrected chi connectivity index (χ3v) is 3.53. The first-order valence-electron chi connectivity index (χ1n) is 7.13. The number of ether oxygens (including phenoxy) is 1. The van der Waals surface area contributed by atoms with Crippen molar-refractivity contribution in [3.8, 4) is 11.5 Å². The molecule has 7 heteroatoms. The Morgan fingerprint density at radius 1 is 1.00 bits per heavy atom. The molecule has 1 aliphatic carbocycles. The molecule has 0 aromatic heterocycles. The van der Waals surface area contributed by atoms with Crippen molar-refractivity contribution >= 4 is 12.0 Å². The van der Waals surface area contributed by atoms with Crippen molar-refractivity contribution in [1.82, 2.24) is 0 Å². The number of halogens is 3. The quantitative estimate of drug-likeness (QED) is 0.623. The zero-order valence-corrected chi connectivity index (χ0v) is 12.3. The van der Waals surface area contributed by atoms with Crippen molar-refractivity contribution < 1.29 is 27.5 Å². The maximum atomic E-state index is 12.2. The van der Waals surface area contributed by atoms with Crippen LogP contribution in [0.5, 0.6) is 11.5 Å². The smallest absolute Gasteiger partial charge is 0.406 e. The number of rotatable bonds is 4. The van der Waals surface area contributed by atoms with Crippen LogP contribution < -0.4 is 9.57 Å². The van der Waals surface area contributed by atoms with Gasteiger partial charge < -0.3 is 9.57 Å². The fourth-order valence-electron chi connectivity index (χ4n) is 2.45. The summed E-state index contributed by atoms with van der Waals surface area (Å²) in [5, 5.41) is 4.06. The number of hydrogen-bond donors (Lipinski definition) is 0. The lowest BCUT2D eigenvalue weighted by atomic mass is 10.1. The number of alkyl halides is 3. The van der Waals surface area contributed by atoms with Gasteiger partial charge in [-0.2, -0.15) is 0 Å². The monoisotopic (exact) mass is 335 g/mol. The van der Waals surface area contributed by atoms with Crippen LogP contribution in [-0.2, 0) is 6.42 Å². The first-order valence-corrected chi connectivity index (χ1v) is 7.13. The lowest BCUT2D eigenvalue weighted by Gasteiger charge is -2.10. The van der Waals surface area contributed by atoms with Crippen molar-refractivity contribution in [3.63, 3.8) is 0 Å². The predicted molar refractivity (Wildman–Crippen MR) is 80.4 cm³/mol. The van der Waals surface area contributed by atoms with Gasteiger partial charge >= 0.3 is 6.36 Å². The zero-order valence-electron chi connectivity index (χ0n) is 12.3. The Morgan fingerprint density at radius 3 is 2.38 bits per heavy atom. The maximum absolute atomic E-state index is 12.2.